The molecule has 9 heteroatoms. The summed E-state index contributed by atoms with van der Waals surface area (Å²) >= 11 is 5.08. The lowest BCUT2D eigenvalue weighted by molar-refractivity contribution is -0.384. The summed E-state index contributed by atoms with van der Waals surface area (Å²) in [6.45, 7) is 1.40. The molecular formula is C18H16N4O4S. The number of nitro benzene ring substituents is 1. The summed E-state index contributed by atoms with van der Waals surface area (Å²) in [7, 11) is 0. The van der Waals surface area contributed by atoms with Crippen molar-refractivity contribution in [1.82, 2.24) is 5.32 Å². The number of hydrogen-bond donors (Lipinski definition) is 3. The Bertz CT molecular complexity index is 927. The number of carbonyl (C=O) groups excluding carboxylic acids is 2. The second kappa shape index (κ2) is 9.20. The maximum atomic E-state index is 11.9. The molecule has 0 spiro atoms. The van der Waals surface area contributed by atoms with E-state index < -0.39 is 10.8 Å². The molecule has 0 atom stereocenters. The number of benzene rings is 2. The van der Waals surface area contributed by atoms with Crippen molar-refractivity contribution in [3.8, 4) is 0 Å². The van der Waals surface area contributed by atoms with Gasteiger partial charge < -0.3 is 10.6 Å². The van der Waals surface area contributed by atoms with E-state index in [-0.39, 0.29) is 16.7 Å². The number of thiocarbonyl (C=S) groups is 1. The van der Waals surface area contributed by atoms with E-state index in [0.717, 1.165) is 0 Å². The van der Waals surface area contributed by atoms with Crippen LogP contribution in [-0.2, 0) is 9.59 Å². The first-order chi connectivity index (χ1) is 12.8. The molecule has 2 aromatic carbocycles. The lowest BCUT2D eigenvalue weighted by Crippen LogP contribution is -2.32. The summed E-state index contributed by atoms with van der Waals surface area (Å²) in [6.07, 6.45) is 2.67. The standard InChI is InChI=1S/C18H16N4O4S/c1-12(23)19-14-5-3-6-15(11-14)20-18(27)21-17(24)9-8-13-4-2-7-16(10-13)22(25)26/h2-11H,1H3,(H,19,23)(H2,20,21,24,27)/b9-8+. The fourth-order valence-electron chi connectivity index (χ4n) is 2.11. The molecular weight excluding hydrogens is 368 g/mol. The molecule has 0 saturated heterocycles. The van der Waals surface area contributed by atoms with Crippen molar-refractivity contribution in [3.05, 3.63) is 70.3 Å². The Morgan fingerprint density at radius 1 is 1.07 bits per heavy atom. The first-order valence-electron chi connectivity index (χ1n) is 7.75. The summed E-state index contributed by atoms with van der Waals surface area (Å²) < 4.78 is 0. The third-order valence-electron chi connectivity index (χ3n) is 3.19. The van der Waals surface area contributed by atoms with Crippen molar-refractivity contribution in [2.45, 2.75) is 6.92 Å². The molecule has 0 heterocycles. The van der Waals surface area contributed by atoms with Gasteiger partial charge >= 0.3 is 0 Å². The van der Waals surface area contributed by atoms with Gasteiger partial charge in [-0.15, -0.1) is 0 Å². The van der Waals surface area contributed by atoms with Crippen LogP contribution in [0, 0.1) is 10.1 Å². The lowest BCUT2D eigenvalue weighted by atomic mass is 10.2. The molecule has 2 amide bonds. The molecule has 0 aliphatic carbocycles. The second-order valence-electron chi connectivity index (χ2n) is 5.39. The summed E-state index contributed by atoms with van der Waals surface area (Å²) in [5, 5.41) is 18.8. The number of amides is 2. The SMILES string of the molecule is CC(=O)Nc1cccc(NC(=S)NC(=O)/C=C/c2cccc([N+](=O)[O-])c2)c1. The van der Waals surface area contributed by atoms with E-state index in [1.165, 1.54) is 37.3 Å². The molecule has 0 radical (unpaired) electrons. The van der Waals surface area contributed by atoms with Gasteiger partial charge in [0.05, 0.1) is 4.92 Å². The molecule has 0 aromatic heterocycles. The van der Waals surface area contributed by atoms with Crippen LogP contribution < -0.4 is 16.0 Å². The van der Waals surface area contributed by atoms with Crippen molar-refractivity contribution in [1.29, 1.82) is 0 Å². The highest BCUT2D eigenvalue weighted by Gasteiger charge is 2.05. The van der Waals surface area contributed by atoms with Crippen LogP contribution in [0.3, 0.4) is 0 Å². The van der Waals surface area contributed by atoms with Crippen LogP contribution in [0.1, 0.15) is 12.5 Å². The summed E-state index contributed by atoms with van der Waals surface area (Å²) in [5.41, 5.74) is 1.64. The van der Waals surface area contributed by atoms with Crippen molar-refractivity contribution in [2.75, 3.05) is 10.6 Å². The number of carbonyl (C=O) groups is 2. The normalized spacial score (nSPS) is 10.3. The molecule has 8 nitrogen and oxygen atoms in total. The lowest BCUT2D eigenvalue weighted by Gasteiger charge is -2.10. The minimum atomic E-state index is -0.508. The Kier molecular flexibility index (Phi) is 6.73. The third kappa shape index (κ3) is 6.67. The highest BCUT2D eigenvalue weighted by molar-refractivity contribution is 7.80. The number of nitro groups is 1. The van der Waals surface area contributed by atoms with E-state index in [9.17, 15) is 19.7 Å². The van der Waals surface area contributed by atoms with Crippen LogP contribution in [0.4, 0.5) is 17.1 Å². The van der Waals surface area contributed by atoms with Crippen LogP contribution in [0.15, 0.2) is 54.6 Å². The zero-order valence-electron chi connectivity index (χ0n) is 14.3. The van der Waals surface area contributed by atoms with Gasteiger partial charge in [0.15, 0.2) is 5.11 Å². The predicted molar refractivity (Wildman–Crippen MR) is 107 cm³/mol. The number of hydrogen-bond acceptors (Lipinski definition) is 5. The fraction of sp³-hybridized carbons (Fsp3) is 0.0556. The van der Waals surface area contributed by atoms with Gasteiger partial charge in [0, 0.05) is 36.5 Å². The monoisotopic (exact) mass is 384 g/mol. The van der Waals surface area contributed by atoms with E-state index in [4.69, 9.17) is 12.2 Å². The zero-order chi connectivity index (χ0) is 19.8. The van der Waals surface area contributed by atoms with Crippen LogP contribution in [0.5, 0.6) is 0 Å². The van der Waals surface area contributed by atoms with Crippen LogP contribution in [0.2, 0.25) is 0 Å². The van der Waals surface area contributed by atoms with Gasteiger partial charge in [-0.05, 0) is 42.1 Å². The maximum Gasteiger partial charge on any atom is 0.270 e. The maximum absolute atomic E-state index is 11.9. The molecule has 0 fully saturated rings. The van der Waals surface area contributed by atoms with E-state index in [0.29, 0.717) is 16.9 Å². The smallest absolute Gasteiger partial charge is 0.270 e. The summed E-state index contributed by atoms with van der Waals surface area (Å²) in [6, 6.07) is 12.7. The van der Waals surface area contributed by atoms with Gasteiger partial charge in [-0.3, -0.25) is 25.0 Å². The highest BCUT2D eigenvalue weighted by atomic mass is 32.1. The molecule has 3 N–H and O–H groups in total. The van der Waals surface area contributed by atoms with Gasteiger partial charge in [-0.2, -0.15) is 0 Å². The molecule has 0 saturated carbocycles. The Labute approximate surface area is 160 Å². The highest BCUT2D eigenvalue weighted by Crippen LogP contribution is 2.15. The van der Waals surface area contributed by atoms with Crippen LogP contribution in [0.25, 0.3) is 6.08 Å². The molecule has 2 aromatic rings. The topological polar surface area (TPSA) is 113 Å². The van der Waals surface area contributed by atoms with E-state index >= 15 is 0 Å². The molecule has 2 rings (SSSR count). The number of nitrogens with one attached hydrogen (secondary N) is 3. The van der Waals surface area contributed by atoms with Crippen LogP contribution >= 0.6 is 12.2 Å². The zero-order valence-corrected chi connectivity index (χ0v) is 15.1. The van der Waals surface area contributed by atoms with E-state index in [1.54, 1.807) is 30.3 Å². The molecule has 27 heavy (non-hydrogen) atoms. The van der Waals surface area contributed by atoms with E-state index in [2.05, 4.69) is 16.0 Å². The fourth-order valence-corrected chi connectivity index (χ4v) is 2.33. The Morgan fingerprint density at radius 3 is 2.41 bits per heavy atom. The average Bonchev–Trinajstić information content (AvgIpc) is 2.59. The Morgan fingerprint density at radius 2 is 1.74 bits per heavy atom. The number of anilines is 2. The second-order valence-corrected chi connectivity index (χ2v) is 5.80. The van der Waals surface area contributed by atoms with Gasteiger partial charge in [-0.1, -0.05) is 18.2 Å². The van der Waals surface area contributed by atoms with Gasteiger partial charge in [0.25, 0.3) is 5.69 Å². The Hall–Kier alpha value is -3.59. The molecule has 138 valence electrons. The van der Waals surface area contributed by atoms with Gasteiger partial charge in [0.2, 0.25) is 11.8 Å². The van der Waals surface area contributed by atoms with Crippen molar-refractivity contribution < 1.29 is 14.5 Å². The quantitative estimate of drug-likeness (QED) is 0.316. The van der Waals surface area contributed by atoms with Crippen LogP contribution in [-0.4, -0.2) is 21.9 Å². The minimum Gasteiger partial charge on any atom is -0.332 e. The Balaban J connectivity index is 1.94. The molecule has 0 aliphatic heterocycles. The third-order valence-corrected chi connectivity index (χ3v) is 3.39. The minimum absolute atomic E-state index is 0.0613. The van der Waals surface area contributed by atoms with Crippen molar-refractivity contribution >= 4 is 52.3 Å². The van der Waals surface area contributed by atoms with Crippen molar-refractivity contribution in [3.63, 3.8) is 0 Å². The summed E-state index contributed by atoms with van der Waals surface area (Å²) in [4.78, 5) is 33.3. The molecule has 0 aliphatic rings. The predicted octanol–water partition coefficient (Wildman–Crippen LogP) is 3.08. The van der Waals surface area contributed by atoms with E-state index in [1.807, 2.05) is 0 Å². The average molecular weight is 384 g/mol. The number of rotatable bonds is 5. The number of non-ortho nitro benzene ring substituents is 1. The summed E-state index contributed by atoms with van der Waals surface area (Å²) in [5.74, 6) is -0.689. The molecule has 0 bridgehead atoms. The number of nitrogens with zero attached hydrogens (tertiary/aromatic N) is 1. The molecule has 0 unspecified atom stereocenters. The first-order valence-corrected chi connectivity index (χ1v) is 8.16. The first kappa shape index (κ1) is 19.7. The largest absolute Gasteiger partial charge is 0.332 e. The van der Waals surface area contributed by atoms with Gasteiger partial charge in [-0.25, -0.2) is 0 Å². The van der Waals surface area contributed by atoms with Gasteiger partial charge in [0.1, 0.15) is 0 Å². The van der Waals surface area contributed by atoms with Crippen molar-refractivity contribution in [2.24, 2.45) is 0 Å².